The molecule has 11 heteroatoms. The van der Waals surface area contributed by atoms with Crippen LogP contribution in [0.15, 0.2) is 36.7 Å². The number of alkyl halides is 3. The van der Waals surface area contributed by atoms with Gasteiger partial charge in [0.2, 0.25) is 0 Å². The number of hydrogen-bond acceptors (Lipinski definition) is 5. The molecular weight excluding hydrogens is 406 g/mol. The maximum Gasteiger partial charge on any atom is 0.433 e. The molecule has 1 aromatic carbocycles. The van der Waals surface area contributed by atoms with Gasteiger partial charge in [0, 0.05) is 24.7 Å². The second kappa shape index (κ2) is 7.88. The number of aromatic nitrogens is 4. The van der Waals surface area contributed by atoms with Crippen LogP contribution >= 0.6 is 0 Å². The summed E-state index contributed by atoms with van der Waals surface area (Å²) < 4.78 is 59.5. The minimum absolute atomic E-state index is 0.00812. The molecule has 1 amide bonds. The summed E-state index contributed by atoms with van der Waals surface area (Å²) in [7, 11) is 0. The van der Waals surface area contributed by atoms with Gasteiger partial charge in [-0.1, -0.05) is 12.1 Å². The minimum Gasteiger partial charge on any atom is -0.481 e. The van der Waals surface area contributed by atoms with Gasteiger partial charge in [0.05, 0.1) is 0 Å². The van der Waals surface area contributed by atoms with E-state index in [2.05, 4.69) is 15.1 Å². The van der Waals surface area contributed by atoms with Gasteiger partial charge in [0.25, 0.3) is 11.7 Å². The monoisotopic (exact) mass is 423 g/mol. The summed E-state index contributed by atoms with van der Waals surface area (Å²) in [5.41, 5.74) is -0.658. The number of benzene rings is 1. The van der Waals surface area contributed by atoms with Gasteiger partial charge in [-0.2, -0.15) is 27.8 Å². The number of piperidine rings is 1. The lowest BCUT2D eigenvalue weighted by atomic mass is 9.93. The Morgan fingerprint density at radius 2 is 1.93 bits per heavy atom. The van der Waals surface area contributed by atoms with Crippen molar-refractivity contribution in [3.05, 3.63) is 53.9 Å². The molecule has 30 heavy (non-hydrogen) atoms. The number of para-hydroxylation sites is 1. The lowest BCUT2D eigenvalue weighted by molar-refractivity contribution is -0.142. The Labute approximate surface area is 168 Å². The van der Waals surface area contributed by atoms with Crippen LogP contribution in [-0.2, 0) is 11.0 Å². The topological polar surface area (TPSA) is 72.6 Å². The highest BCUT2D eigenvalue weighted by Crippen LogP contribution is 2.33. The van der Waals surface area contributed by atoms with Crippen molar-refractivity contribution < 1.29 is 27.1 Å². The second-order valence-electron chi connectivity index (χ2n) is 6.91. The fourth-order valence-electron chi connectivity index (χ4n) is 3.46. The Balaban J connectivity index is 1.41. The molecule has 0 radical (unpaired) electrons. The number of amides is 1. The summed E-state index contributed by atoms with van der Waals surface area (Å²) >= 11 is 0. The van der Waals surface area contributed by atoms with Crippen molar-refractivity contribution in [1.29, 1.82) is 0 Å². The molecule has 0 N–H and O–H groups in total. The van der Waals surface area contributed by atoms with E-state index in [1.807, 2.05) is 0 Å². The Morgan fingerprint density at radius 1 is 1.20 bits per heavy atom. The Hall–Kier alpha value is -3.24. The molecular formula is C19H17F4N5O2. The van der Waals surface area contributed by atoms with Crippen molar-refractivity contribution in [1.82, 2.24) is 24.5 Å². The van der Waals surface area contributed by atoms with E-state index >= 15 is 0 Å². The smallest absolute Gasteiger partial charge is 0.433 e. The zero-order valence-electron chi connectivity index (χ0n) is 15.6. The van der Waals surface area contributed by atoms with Crippen LogP contribution in [0.2, 0.25) is 0 Å². The molecule has 7 nitrogen and oxygen atoms in total. The van der Waals surface area contributed by atoms with Gasteiger partial charge in [-0.25, -0.2) is 9.37 Å². The first-order valence-electron chi connectivity index (χ1n) is 9.26. The van der Waals surface area contributed by atoms with E-state index in [1.54, 1.807) is 11.0 Å². The lowest BCUT2D eigenvalue weighted by Crippen LogP contribution is -2.40. The first-order chi connectivity index (χ1) is 14.3. The average Bonchev–Trinajstić information content (AvgIpc) is 3.20. The maximum atomic E-state index is 13.6. The second-order valence-corrected chi connectivity index (χ2v) is 6.91. The first kappa shape index (κ1) is 20.0. The molecule has 1 aliphatic heterocycles. The van der Waals surface area contributed by atoms with E-state index in [4.69, 9.17) is 4.74 Å². The number of rotatable bonds is 4. The zero-order valence-corrected chi connectivity index (χ0v) is 15.6. The molecule has 1 aliphatic rings. The molecule has 0 saturated carbocycles. The van der Waals surface area contributed by atoms with E-state index in [1.165, 1.54) is 18.2 Å². The molecule has 0 bridgehead atoms. The van der Waals surface area contributed by atoms with E-state index in [9.17, 15) is 22.4 Å². The third-order valence-electron chi connectivity index (χ3n) is 5.02. The number of nitrogens with zero attached hydrogens (tertiary/aromatic N) is 5. The minimum atomic E-state index is -4.59. The molecule has 0 spiro atoms. The average molecular weight is 423 g/mol. The molecule has 3 heterocycles. The maximum absolute atomic E-state index is 13.6. The molecule has 1 saturated heterocycles. The predicted octanol–water partition coefficient (Wildman–Crippen LogP) is 3.07. The van der Waals surface area contributed by atoms with E-state index in [0.717, 1.165) is 12.4 Å². The van der Waals surface area contributed by atoms with Crippen LogP contribution in [0.1, 0.15) is 30.1 Å². The fourth-order valence-corrected chi connectivity index (χ4v) is 3.46. The van der Waals surface area contributed by atoms with Crippen LogP contribution in [0, 0.1) is 5.82 Å². The first-order valence-corrected chi connectivity index (χ1v) is 9.26. The lowest BCUT2D eigenvalue weighted by Gasteiger charge is -2.31. The van der Waals surface area contributed by atoms with Gasteiger partial charge in [-0.05, 0) is 31.0 Å². The number of ether oxygens (including phenoxy) is 1. The molecule has 1 fully saturated rings. The molecule has 4 rings (SSSR count). The zero-order chi connectivity index (χ0) is 21.3. The van der Waals surface area contributed by atoms with Crippen molar-refractivity contribution in [2.45, 2.75) is 24.9 Å². The number of halogens is 4. The van der Waals surface area contributed by atoms with Crippen LogP contribution in [0.4, 0.5) is 17.6 Å². The summed E-state index contributed by atoms with van der Waals surface area (Å²) in [6.07, 6.45) is -2.68. The van der Waals surface area contributed by atoms with Gasteiger partial charge >= 0.3 is 6.18 Å². The molecule has 158 valence electrons. The van der Waals surface area contributed by atoms with Crippen LogP contribution in [0.3, 0.4) is 0 Å². The summed E-state index contributed by atoms with van der Waals surface area (Å²) in [6.45, 7) is 0.365. The largest absolute Gasteiger partial charge is 0.481 e. The van der Waals surface area contributed by atoms with Crippen molar-refractivity contribution in [2.24, 2.45) is 0 Å². The Kier molecular flexibility index (Phi) is 5.27. The standard InChI is InChI=1S/C19H17F4N5O2/c20-13-3-1-2-4-15(13)30-10-17(29)27-7-5-12(6-8-27)14-9-16(19(21,22)23)28-18(26-14)24-11-25-28/h1-4,9,11-12H,5-8,10H2. The number of hydrogen-bond donors (Lipinski definition) is 0. The SMILES string of the molecule is O=C(COc1ccccc1F)N1CCC(c2cc(C(F)(F)F)n3ncnc3n2)CC1. The number of carbonyl (C=O) groups is 1. The molecule has 0 atom stereocenters. The van der Waals surface area contributed by atoms with Crippen molar-refractivity contribution in [2.75, 3.05) is 19.7 Å². The molecule has 0 unspecified atom stereocenters. The summed E-state index contributed by atoms with van der Waals surface area (Å²) in [5, 5.41) is 3.59. The van der Waals surface area contributed by atoms with Crippen LogP contribution < -0.4 is 4.74 Å². The van der Waals surface area contributed by atoms with E-state index in [0.29, 0.717) is 30.4 Å². The van der Waals surface area contributed by atoms with Crippen molar-refractivity contribution >= 4 is 11.7 Å². The highest BCUT2D eigenvalue weighted by atomic mass is 19.4. The highest BCUT2D eigenvalue weighted by Gasteiger charge is 2.36. The predicted molar refractivity (Wildman–Crippen MR) is 96.2 cm³/mol. The normalized spacial score (nSPS) is 15.5. The fraction of sp³-hybridized carbons (Fsp3) is 0.368. The summed E-state index contributed by atoms with van der Waals surface area (Å²) in [4.78, 5) is 21.9. The number of likely N-dealkylation sites (tertiary alicyclic amines) is 1. The third-order valence-corrected chi connectivity index (χ3v) is 5.02. The van der Waals surface area contributed by atoms with Crippen molar-refractivity contribution in [3.8, 4) is 5.75 Å². The van der Waals surface area contributed by atoms with E-state index in [-0.39, 0.29) is 35.7 Å². The van der Waals surface area contributed by atoms with Crippen LogP contribution in [0.25, 0.3) is 5.78 Å². The van der Waals surface area contributed by atoms with Gasteiger partial charge in [0.15, 0.2) is 23.9 Å². The van der Waals surface area contributed by atoms with E-state index < -0.39 is 17.7 Å². The van der Waals surface area contributed by atoms with Gasteiger partial charge in [0.1, 0.15) is 6.33 Å². The van der Waals surface area contributed by atoms with Gasteiger partial charge < -0.3 is 9.64 Å². The van der Waals surface area contributed by atoms with Crippen LogP contribution in [0.5, 0.6) is 5.75 Å². The number of carbonyl (C=O) groups excluding carboxylic acids is 1. The quantitative estimate of drug-likeness (QED) is 0.603. The Bertz CT molecular complexity index is 1060. The third kappa shape index (κ3) is 4.05. The van der Waals surface area contributed by atoms with Crippen LogP contribution in [-0.4, -0.2) is 50.1 Å². The molecule has 0 aliphatic carbocycles. The Morgan fingerprint density at radius 3 is 2.63 bits per heavy atom. The van der Waals surface area contributed by atoms with Gasteiger partial charge in [-0.15, -0.1) is 0 Å². The summed E-state index contributed by atoms with van der Waals surface area (Å²) in [5.74, 6) is -1.24. The van der Waals surface area contributed by atoms with Crippen molar-refractivity contribution in [3.63, 3.8) is 0 Å². The number of fused-ring (bicyclic) bond motifs is 1. The highest BCUT2D eigenvalue weighted by molar-refractivity contribution is 5.77. The molecule has 2 aromatic heterocycles. The molecule has 3 aromatic rings. The van der Waals surface area contributed by atoms with Gasteiger partial charge in [-0.3, -0.25) is 4.79 Å². The summed E-state index contributed by atoms with van der Waals surface area (Å²) in [6, 6.07) is 6.77.